The Morgan fingerprint density at radius 3 is 2.52 bits per heavy atom. The van der Waals surface area contributed by atoms with Crippen LogP contribution in [0.1, 0.15) is 25.0 Å². The molecule has 1 amide bonds. The number of aromatic nitrogens is 1. The van der Waals surface area contributed by atoms with E-state index in [9.17, 15) is 9.59 Å². The normalized spacial score (nSPS) is 16.9. The van der Waals surface area contributed by atoms with Crippen molar-refractivity contribution in [1.82, 2.24) is 9.88 Å². The third kappa shape index (κ3) is 3.82. The Labute approximate surface area is 144 Å². The highest BCUT2D eigenvalue weighted by Crippen LogP contribution is 2.19. The van der Waals surface area contributed by atoms with Crippen LogP contribution in [0.3, 0.4) is 0 Å². The van der Waals surface area contributed by atoms with Crippen molar-refractivity contribution in [3.63, 3.8) is 0 Å². The van der Waals surface area contributed by atoms with Crippen molar-refractivity contribution in [2.45, 2.75) is 26.5 Å². The van der Waals surface area contributed by atoms with Crippen LogP contribution in [-0.4, -0.2) is 33.7 Å². The molecule has 0 N–H and O–H groups in total. The maximum Gasteiger partial charge on any atom is 0.308 e. The second kappa shape index (κ2) is 7.12. The maximum absolute atomic E-state index is 12.6. The maximum atomic E-state index is 12.6. The predicted molar refractivity (Wildman–Crippen MR) is 89.6 cm³/mol. The molecule has 0 saturated heterocycles. The van der Waals surface area contributed by atoms with Crippen molar-refractivity contribution in [3.8, 4) is 5.75 Å². The Morgan fingerprint density at radius 2 is 1.88 bits per heavy atom. The second-order valence-electron chi connectivity index (χ2n) is 5.56. The number of ether oxygens (including phenoxy) is 1. The third-order valence-corrected chi connectivity index (χ3v) is 3.63. The van der Waals surface area contributed by atoms with Crippen molar-refractivity contribution in [1.29, 1.82) is 0 Å². The van der Waals surface area contributed by atoms with Crippen molar-refractivity contribution in [3.05, 3.63) is 59.9 Å². The molecule has 25 heavy (non-hydrogen) atoms. The number of amidine groups is 1. The first-order valence-corrected chi connectivity index (χ1v) is 7.77. The molecule has 1 aromatic heterocycles. The summed E-state index contributed by atoms with van der Waals surface area (Å²) in [6.45, 7) is 3.33. The van der Waals surface area contributed by atoms with Crippen LogP contribution in [-0.2, 0) is 21.0 Å². The van der Waals surface area contributed by atoms with Gasteiger partial charge in [0.05, 0.1) is 6.54 Å². The molecule has 7 nitrogen and oxygen atoms in total. The van der Waals surface area contributed by atoms with Gasteiger partial charge in [-0.15, -0.1) is 0 Å². The molecular formula is C18H17N3O4. The summed E-state index contributed by atoms with van der Waals surface area (Å²) in [6, 6.07) is 10.5. The van der Waals surface area contributed by atoms with Gasteiger partial charge in [0.1, 0.15) is 5.75 Å². The van der Waals surface area contributed by atoms with Gasteiger partial charge in [-0.05, 0) is 36.8 Å². The van der Waals surface area contributed by atoms with Gasteiger partial charge < -0.3 is 9.57 Å². The van der Waals surface area contributed by atoms with E-state index in [1.54, 1.807) is 60.6 Å². The lowest BCUT2D eigenvalue weighted by Crippen LogP contribution is -2.46. The SMILES string of the molecule is CC(=O)Oc1ccc(CN2C(=O)C(C)ON=C2c2ccncc2)cc1. The third-order valence-electron chi connectivity index (χ3n) is 3.63. The number of pyridine rings is 1. The van der Waals surface area contributed by atoms with Crippen molar-refractivity contribution in [2.75, 3.05) is 0 Å². The number of hydrogen-bond donors (Lipinski definition) is 0. The average Bonchev–Trinajstić information content (AvgIpc) is 2.61. The lowest BCUT2D eigenvalue weighted by atomic mass is 10.1. The van der Waals surface area contributed by atoms with Crippen LogP contribution >= 0.6 is 0 Å². The summed E-state index contributed by atoms with van der Waals surface area (Å²) in [6.07, 6.45) is 2.62. The standard InChI is InChI=1S/C18H17N3O4/c1-12-18(23)21(17(20-25-12)15-7-9-19-10-8-15)11-14-3-5-16(6-4-14)24-13(2)22/h3-10,12H,11H2,1-2H3. The fourth-order valence-corrected chi connectivity index (χ4v) is 2.42. The highest BCUT2D eigenvalue weighted by atomic mass is 16.6. The number of esters is 1. The minimum atomic E-state index is -0.647. The summed E-state index contributed by atoms with van der Waals surface area (Å²) in [4.78, 5) is 34.3. The van der Waals surface area contributed by atoms with Crippen LogP contribution in [0.5, 0.6) is 5.75 Å². The van der Waals surface area contributed by atoms with Gasteiger partial charge in [0.2, 0.25) is 6.10 Å². The Hall–Kier alpha value is -3.22. The number of carbonyl (C=O) groups excluding carboxylic acids is 2. The van der Waals surface area contributed by atoms with Crippen molar-refractivity contribution in [2.24, 2.45) is 5.16 Å². The summed E-state index contributed by atoms with van der Waals surface area (Å²) < 4.78 is 5.02. The summed E-state index contributed by atoms with van der Waals surface area (Å²) in [5.41, 5.74) is 1.62. The van der Waals surface area contributed by atoms with Crippen molar-refractivity contribution < 1.29 is 19.2 Å². The Bertz CT molecular complexity index is 803. The molecule has 0 spiro atoms. The highest BCUT2D eigenvalue weighted by Gasteiger charge is 2.31. The summed E-state index contributed by atoms with van der Waals surface area (Å²) in [5, 5.41) is 4.09. The molecule has 0 radical (unpaired) electrons. The lowest BCUT2D eigenvalue weighted by Gasteiger charge is -2.30. The summed E-state index contributed by atoms with van der Waals surface area (Å²) >= 11 is 0. The molecule has 1 atom stereocenters. The first kappa shape index (κ1) is 16.6. The van der Waals surface area contributed by atoms with E-state index >= 15 is 0 Å². The van der Waals surface area contributed by atoms with E-state index in [0.717, 1.165) is 11.1 Å². The molecule has 7 heteroatoms. The smallest absolute Gasteiger partial charge is 0.308 e. The number of nitrogens with zero attached hydrogens (tertiary/aromatic N) is 3. The fourth-order valence-electron chi connectivity index (χ4n) is 2.42. The molecule has 1 aliphatic rings. The van der Waals surface area contributed by atoms with Gasteiger partial charge >= 0.3 is 5.97 Å². The summed E-state index contributed by atoms with van der Waals surface area (Å²) in [5.74, 6) is 0.346. The summed E-state index contributed by atoms with van der Waals surface area (Å²) in [7, 11) is 0. The highest BCUT2D eigenvalue weighted by molar-refractivity contribution is 6.09. The monoisotopic (exact) mass is 339 g/mol. The molecule has 1 unspecified atom stereocenters. The van der Waals surface area contributed by atoms with Crippen LogP contribution in [0.25, 0.3) is 0 Å². The van der Waals surface area contributed by atoms with E-state index in [-0.39, 0.29) is 11.9 Å². The van der Waals surface area contributed by atoms with Gasteiger partial charge in [-0.2, -0.15) is 0 Å². The molecule has 0 bridgehead atoms. The molecule has 0 aliphatic carbocycles. The van der Waals surface area contributed by atoms with E-state index < -0.39 is 6.10 Å². The van der Waals surface area contributed by atoms with E-state index in [2.05, 4.69) is 10.1 Å². The first-order valence-electron chi connectivity index (χ1n) is 7.77. The van der Waals surface area contributed by atoms with Gasteiger partial charge in [0.15, 0.2) is 5.84 Å². The van der Waals surface area contributed by atoms with Crippen LogP contribution in [0.15, 0.2) is 53.9 Å². The van der Waals surface area contributed by atoms with Gasteiger partial charge in [-0.25, -0.2) is 0 Å². The number of hydrogen-bond acceptors (Lipinski definition) is 6. The number of carbonyl (C=O) groups is 2. The van der Waals surface area contributed by atoms with Crippen LogP contribution in [0.2, 0.25) is 0 Å². The lowest BCUT2D eigenvalue weighted by molar-refractivity contribution is -0.142. The number of oxime groups is 1. The van der Waals surface area contributed by atoms with Crippen LogP contribution in [0.4, 0.5) is 0 Å². The molecule has 1 aromatic carbocycles. The topological polar surface area (TPSA) is 81.1 Å². The first-order chi connectivity index (χ1) is 12.0. The Balaban J connectivity index is 1.84. The molecule has 128 valence electrons. The van der Waals surface area contributed by atoms with Gasteiger partial charge in [0, 0.05) is 24.9 Å². The van der Waals surface area contributed by atoms with Crippen LogP contribution in [0, 0.1) is 0 Å². The zero-order valence-electron chi connectivity index (χ0n) is 13.9. The van der Waals surface area contributed by atoms with Crippen LogP contribution < -0.4 is 4.74 Å². The number of amides is 1. The minimum absolute atomic E-state index is 0.175. The van der Waals surface area contributed by atoms with Crippen molar-refractivity contribution >= 4 is 17.7 Å². The van der Waals surface area contributed by atoms with Gasteiger partial charge in [-0.3, -0.25) is 19.5 Å². The molecule has 3 rings (SSSR count). The zero-order chi connectivity index (χ0) is 17.8. The Kier molecular flexibility index (Phi) is 4.74. The fraction of sp³-hybridized carbons (Fsp3) is 0.222. The van der Waals surface area contributed by atoms with Gasteiger partial charge in [0.25, 0.3) is 5.91 Å². The molecule has 0 fully saturated rings. The van der Waals surface area contributed by atoms with Gasteiger partial charge in [-0.1, -0.05) is 17.3 Å². The average molecular weight is 339 g/mol. The molecular weight excluding hydrogens is 322 g/mol. The van der Waals surface area contributed by atoms with E-state index in [4.69, 9.17) is 9.57 Å². The Morgan fingerprint density at radius 1 is 1.20 bits per heavy atom. The second-order valence-corrected chi connectivity index (χ2v) is 5.56. The number of rotatable bonds is 4. The quantitative estimate of drug-likeness (QED) is 0.629. The molecule has 2 heterocycles. The number of benzene rings is 1. The van der Waals surface area contributed by atoms with E-state index in [0.29, 0.717) is 18.1 Å². The molecule has 0 saturated carbocycles. The molecule has 1 aliphatic heterocycles. The predicted octanol–water partition coefficient (Wildman–Crippen LogP) is 2.12. The largest absolute Gasteiger partial charge is 0.427 e. The van der Waals surface area contributed by atoms with E-state index in [1.807, 2.05) is 0 Å². The minimum Gasteiger partial charge on any atom is -0.427 e. The zero-order valence-corrected chi connectivity index (χ0v) is 13.9. The van der Waals surface area contributed by atoms with E-state index in [1.165, 1.54) is 6.92 Å². The molecule has 2 aromatic rings.